The van der Waals surface area contributed by atoms with E-state index < -0.39 is 11.6 Å². The number of carbonyl (C=O) groups is 2. The van der Waals surface area contributed by atoms with Gasteiger partial charge in [-0.3, -0.25) is 9.59 Å². The number of hydrogen-bond acceptors (Lipinski definition) is 3. The molecule has 1 fully saturated rings. The van der Waals surface area contributed by atoms with E-state index in [0.29, 0.717) is 28.5 Å². The van der Waals surface area contributed by atoms with Gasteiger partial charge in [-0.2, -0.15) is 0 Å². The lowest BCUT2D eigenvalue weighted by Gasteiger charge is -2.32. The molecule has 1 aromatic rings. The van der Waals surface area contributed by atoms with Crippen LogP contribution in [0.4, 0.5) is 0 Å². The molecule has 0 amide bonds. The number of carbonyl (C=O) groups excluding carboxylic acids is 2. The summed E-state index contributed by atoms with van der Waals surface area (Å²) in [6.07, 6.45) is 5.13. The van der Waals surface area contributed by atoms with E-state index in [-0.39, 0.29) is 11.7 Å². The standard InChI is InChI=1S/C20H24O3/c1-12(2)11-13-7-9-14(10-8-13)17-18(21)15-5-3-4-6-16(15)19(22)20(17)23/h3-6,12-14,21H,7-11H2,1-2H3. The molecule has 0 heterocycles. The van der Waals surface area contributed by atoms with Crippen LogP contribution in [0.2, 0.25) is 0 Å². The van der Waals surface area contributed by atoms with Gasteiger partial charge in [0.1, 0.15) is 5.76 Å². The molecule has 0 spiro atoms. The maximum absolute atomic E-state index is 12.5. The molecule has 0 atom stereocenters. The number of fused-ring (bicyclic) bond motifs is 1. The first-order chi connectivity index (χ1) is 11.0. The largest absolute Gasteiger partial charge is 0.507 e. The first kappa shape index (κ1) is 16.0. The van der Waals surface area contributed by atoms with Gasteiger partial charge >= 0.3 is 0 Å². The fourth-order valence-electron chi connectivity index (χ4n) is 4.12. The summed E-state index contributed by atoms with van der Waals surface area (Å²) in [6.45, 7) is 4.47. The number of aliphatic hydroxyl groups excluding tert-OH is 1. The number of rotatable bonds is 3. The van der Waals surface area contributed by atoms with Gasteiger partial charge in [0.15, 0.2) is 0 Å². The number of benzene rings is 1. The maximum Gasteiger partial charge on any atom is 0.234 e. The highest BCUT2D eigenvalue weighted by Crippen LogP contribution is 2.40. The van der Waals surface area contributed by atoms with Crippen LogP contribution in [0, 0.1) is 17.8 Å². The van der Waals surface area contributed by atoms with Crippen LogP contribution in [0.15, 0.2) is 29.8 Å². The summed E-state index contributed by atoms with van der Waals surface area (Å²) in [5.41, 5.74) is 1.19. The highest BCUT2D eigenvalue weighted by molar-refractivity contribution is 6.52. The first-order valence-electron chi connectivity index (χ1n) is 8.60. The lowest BCUT2D eigenvalue weighted by atomic mass is 9.72. The molecule has 0 saturated heterocycles. The zero-order valence-electron chi connectivity index (χ0n) is 13.8. The van der Waals surface area contributed by atoms with E-state index in [4.69, 9.17) is 0 Å². The van der Waals surface area contributed by atoms with Gasteiger partial charge in [-0.05, 0) is 49.9 Å². The number of hydrogen-bond donors (Lipinski definition) is 1. The molecule has 0 radical (unpaired) electrons. The molecular weight excluding hydrogens is 288 g/mol. The van der Waals surface area contributed by atoms with Gasteiger partial charge in [0.05, 0.1) is 0 Å². The molecule has 1 N–H and O–H groups in total. The molecule has 122 valence electrons. The summed E-state index contributed by atoms with van der Waals surface area (Å²) in [4.78, 5) is 24.8. The lowest BCUT2D eigenvalue weighted by molar-refractivity contribution is -0.112. The Morgan fingerprint density at radius 1 is 1.00 bits per heavy atom. The Kier molecular flexibility index (Phi) is 4.38. The summed E-state index contributed by atoms with van der Waals surface area (Å²) in [5.74, 6) is 0.455. The van der Waals surface area contributed by atoms with Crippen molar-refractivity contribution in [2.24, 2.45) is 17.8 Å². The van der Waals surface area contributed by atoms with Crippen molar-refractivity contribution in [2.75, 3.05) is 0 Å². The van der Waals surface area contributed by atoms with Gasteiger partial charge in [-0.1, -0.05) is 38.1 Å². The Balaban J connectivity index is 1.85. The number of Topliss-reactive ketones (excluding diaryl/α,β-unsaturated/α-hetero) is 2. The molecule has 23 heavy (non-hydrogen) atoms. The van der Waals surface area contributed by atoms with E-state index in [1.54, 1.807) is 24.3 Å². The topological polar surface area (TPSA) is 54.4 Å². The molecule has 0 aromatic heterocycles. The molecule has 0 bridgehead atoms. The Bertz CT molecular complexity index is 661. The van der Waals surface area contributed by atoms with Crippen LogP contribution in [0.3, 0.4) is 0 Å². The Labute approximate surface area is 137 Å². The second-order valence-corrected chi connectivity index (χ2v) is 7.31. The smallest absolute Gasteiger partial charge is 0.234 e. The first-order valence-corrected chi connectivity index (χ1v) is 8.60. The highest BCUT2D eigenvalue weighted by Gasteiger charge is 2.38. The van der Waals surface area contributed by atoms with Crippen molar-refractivity contribution < 1.29 is 14.7 Å². The van der Waals surface area contributed by atoms with Crippen LogP contribution in [-0.2, 0) is 4.79 Å². The molecule has 1 saturated carbocycles. The zero-order chi connectivity index (χ0) is 16.6. The fraction of sp³-hybridized carbons (Fsp3) is 0.500. The average Bonchev–Trinajstić information content (AvgIpc) is 2.54. The third-order valence-electron chi connectivity index (χ3n) is 5.19. The number of allylic oxidation sites excluding steroid dienone is 1. The van der Waals surface area contributed by atoms with Gasteiger partial charge in [0, 0.05) is 16.7 Å². The molecule has 0 unspecified atom stereocenters. The fourth-order valence-corrected chi connectivity index (χ4v) is 4.12. The number of ketones is 2. The molecular formula is C20H24O3. The monoisotopic (exact) mass is 312 g/mol. The normalized spacial score (nSPS) is 25.0. The van der Waals surface area contributed by atoms with Crippen molar-refractivity contribution in [3.8, 4) is 0 Å². The molecule has 1 aromatic carbocycles. The minimum Gasteiger partial charge on any atom is -0.507 e. The van der Waals surface area contributed by atoms with E-state index in [2.05, 4.69) is 13.8 Å². The summed E-state index contributed by atoms with van der Waals surface area (Å²) >= 11 is 0. The minimum atomic E-state index is -0.506. The van der Waals surface area contributed by atoms with Crippen LogP contribution in [0.5, 0.6) is 0 Å². The molecule has 2 aliphatic rings. The molecule has 0 aliphatic heterocycles. The Hall–Kier alpha value is -1.90. The number of aliphatic hydroxyl groups is 1. The van der Waals surface area contributed by atoms with Crippen molar-refractivity contribution in [3.63, 3.8) is 0 Å². The summed E-state index contributed by atoms with van der Waals surface area (Å²) < 4.78 is 0. The zero-order valence-corrected chi connectivity index (χ0v) is 13.8. The second kappa shape index (κ2) is 6.31. The quantitative estimate of drug-likeness (QED) is 0.832. The van der Waals surface area contributed by atoms with Crippen molar-refractivity contribution in [1.82, 2.24) is 0 Å². The van der Waals surface area contributed by atoms with Gasteiger partial charge in [-0.25, -0.2) is 0 Å². The summed E-state index contributed by atoms with van der Waals surface area (Å²) in [6, 6.07) is 6.84. The van der Waals surface area contributed by atoms with Crippen molar-refractivity contribution >= 4 is 17.3 Å². The Morgan fingerprint density at radius 2 is 1.61 bits per heavy atom. The van der Waals surface area contributed by atoms with Crippen LogP contribution < -0.4 is 0 Å². The van der Waals surface area contributed by atoms with E-state index in [0.717, 1.165) is 25.7 Å². The highest BCUT2D eigenvalue weighted by atomic mass is 16.3. The van der Waals surface area contributed by atoms with Crippen LogP contribution in [-0.4, -0.2) is 16.7 Å². The van der Waals surface area contributed by atoms with Crippen LogP contribution >= 0.6 is 0 Å². The van der Waals surface area contributed by atoms with Gasteiger partial charge in [-0.15, -0.1) is 0 Å². The van der Waals surface area contributed by atoms with Crippen molar-refractivity contribution in [1.29, 1.82) is 0 Å². The molecule has 2 aliphatic carbocycles. The van der Waals surface area contributed by atoms with Gasteiger partial charge < -0.3 is 5.11 Å². The second-order valence-electron chi connectivity index (χ2n) is 7.31. The SMILES string of the molecule is CC(C)CC1CCC(C2=C(O)c3ccccc3C(=O)C2=O)CC1. The average molecular weight is 312 g/mol. The molecule has 3 rings (SSSR count). The van der Waals surface area contributed by atoms with Gasteiger partial charge in [0.2, 0.25) is 11.6 Å². The van der Waals surface area contributed by atoms with E-state index in [1.165, 1.54) is 6.42 Å². The summed E-state index contributed by atoms with van der Waals surface area (Å²) in [5, 5.41) is 10.6. The Morgan fingerprint density at radius 3 is 2.22 bits per heavy atom. The van der Waals surface area contributed by atoms with Crippen LogP contribution in [0.1, 0.15) is 61.9 Å². The van der Waals surface area contributed by atoms with Crippen molar-refractivity contribution in [3.05, 3.63) is 41.0 Å². The lowest BCUT2D eigenvalue weighted by Crippen LogP contribution is -2.30. The van der Waals surface area contributed by atoms with Gasteiger partial charge in [0.25, 0.3) is 0 Å². The predicted octanol–water partition coefficient (Wildman–Crippen LogP) is 4.57. The summed E-state index contributed by atoms with van der Waals surface area (Å²) in [7, 11) is 0. The van der Waals surface area contributed by atoms with Crippen LogP contribution in [0.25, 0.3) is 5.76 Å². The van der Waals surface area contributed by atoms with E-state index in [9.17, 15) is 14.7 Å². The predicted molar refractivity (Wildman–Crippen MR) is 90.2 cm³/mol. The minimum absolute atomic E-state index is 0.0169. The van der Waals surface area contributed by atoms with E-state index in [1.807, 2.05) is 0 Å². The molecule has 3 heteroatoms. The third-order valence-corrected chi connectivity index (χ3v) is 5.19. The molecule has 3 nitrogen and oxygen atoms in total. The van der Waals surface area contributed by atoms with Crippen molar-refractivity contribution in [2.45, 2.75) is 46.0 Å². The third kappa shape index (κ3) is 2.97. The maximum atomic E-state index is 12.5. The van der Waals surface area contributed by atoms with E-state index >= 15 is 0 Å².